The number of fused-ring (bicyclic) bond motifs is 1. The molecule has 100 valence electrons. The highest BCUT2D eigenvalue weighted by molar-refractivity contribution is 5.81. The van der Waals surface area contributed by atoms with Gasteiger partial charge in [-0.2, -0.15) is 0 Å². The molecule has 1 aliphatic rings. The molecule has 0 atom stereocenters. The lowest BCUT2D eigenvalue weighted by molar-refractivity contribution is 0.192. The summed E-state index contributed by atoms with van der Waals surface area (Å²) in [7, 11) is 2.23. The first-order chi connectivity index (χ1) is 9.34. The van der Waals surface area contributed by atoms with Crippen LogP contribution in [0.25, 0.3) is 10.9 Å². The molecule has 3 nitrogen and oxygen atoms in total. The molecule has 0 unspecified atom stereocenters. The molecule has 3 rings (SSSR count). The molecule has 0 aliphatic carbocycles. The molecule has 0 radical (unpaired) electrons. The molecule has 0 saturated carbocycles. The van der Waals surface area contributed by atoms with Crippen molar-refractivity contribution in [3.63, 3.8) is 0 Å². The normalized spacial score (nSPS) is 17.2. The predicted molar refractivity (Wildman–Crippen MR) is 79.1 cm³/mol. The maximum absolute atomic E-state index is 4.54. The van der Waals surface area contributed by atoms with Gasteiger partial charge in [-0.3, -0.25) is 9.88 Å². The Kier molecular flexibility index (Phi) is 3.76. The van der Waals surface area contributed by atoms with Crippen LogP contribution in [0.3, 0.4) is 0 Å². The van der Waals surface area contributed by atoms with Crippen molar-refractivity contribution in [2.75, 3.05) is 20.1 Å². The van der Waals surface area contributed by atoms with Crippen LogP contribution in [0.1, 0.15) is 18.4 Å². The SMILES string of the molecule is CN(Cc1cccc2cccnc12)C1CCNCC1. The second-order valence-electron chi connectivity index (χ2n) is 5.39. The van der Waals surface area contributed by atoms with Crippen LogP contribution in [-0.2, 0) is 6.54 Å². The zero-order valence-electron chi connectivity index (χ0n) is 11.5. The first-order valence-corrected chi connectivity index (χ1v) is 7.08. The summed E-state index contributed by atoms with van der Waals surface area (Å²) in [5.74, 6) is 0. The van der Waals surface area contributed by atoms with Crippen LogP contribution in [-0.4, -0.2) is 36.1 Å². The maximum Gasteiger partial charge on any atom is 0.0746 e. The number of aromatic nitrogens is 1. The van der Waals surface area contributed by atoms with Crippen LogP contribution < -0.4 is 5.32 Å². The Morgan fingerprint density at radius 2 is 2.00 bits per heavy atom. The largest absolute Gasteiger partial charge is 0.317 e. The van der Waals surface area contributed by atoms with E-state index in [2.05, 4.69) is 46.5 Å². The fourth-order valence-electron chi connectivity index (χ4n) is 2.94. The van der Waals surface area contributed by atoms with Gasteiger partial charge in [0.25, 0.3) is 0 Å². The highest BCUT2D eigenvalue weighted by Gasteiger charge is 2.18. The van der Waals surface area contributed by atoms with E-state index in [1.54, 1.807) is 0 Å². The second-order valence-corrected chi connectivity index (χ2v) is 5.39. The fourth-order valence-corrected chi connectivity index (χ4v) is 2.94. The summed E-state index contributed by atoms with van der Waals surface area (Å²) in [5.41, 5.74) is 2.48. The van der Waals surface area contributed by atoms with Crippen LogP contribution in [0, 0.1) is 0 Å². The van der Waals surface area contributed by atoms with Gasteiger partial charge in [-0.1, -0.05) is 24.3 Å². The van der Waals surface area contributed by atoms with Gasteiger partial charge in [0.15, 0.2) is 0 Å². The highest BCUT2D eigenvalue weighted by Crippen LogP contribution is 2.19. The summed E-state index contributed by atoms with van der Waals surface area (Å²) in [6.07, 6.45) is 4.37. The van der Waals surface area contributed by atoms with E-state index >= 15 is 0 Å². The minimum Gasteiger partial charge on any atom is -0.317 e. The van der Waals surface area contributed by atoms with Gasteiger partial charge in [0.1, 0.15) is 0 Å². The van der Waals surface area contributed by atoms with Gasteiger partial charge in [0.05, 0.1) is 5.52 Å². The molecule has 0 amide bonds. The highest BCUT2D eigenvalue weighted by atomic mass is 15.1. The average molecular weight is 255 g/mol. The van der Waals surface area contributed by atoms with Gasteiger partial charge in [-0.15, -0.1) is 0 Å². The van der Waals surface area contributed by atoms with Gasteiger partial charge in [0.2, 0.25) is 0 Å². The summed E-state index contributed by atoms with van der Waals surface area (Å²) in [6, 6.07) is 11.3. The lowest BCUT2D eigenvalue weighted by Gasteiger charge is -2.31. The molecular formula is C16H21N3. The minimum atomic E-state index is 0.695. The number of hydrogen-bond acceptors (Lipinski definition) is 3. The predicted octanol–water partition coefficient (Wildman–Crippen LogP) is 2.42. The van der Waals surface area contributed by atoms with E-state index in [1.165, 1.54) is 23.8 Å². The zero-order chi connectivity index (χ0) is 13.1. The van der Waals surface area contributed by atoms with Gasteiger partial charge >= 0.3 is 0 Å². The Labute approximate surface area is 114 Å². The molecule has 0 bridgehead atoms. The molecule has 1 N–H and O–H groups in total. The van der Waals surface area contributed by atoms with Gasteiger partial charge < -0.3 is 5.32 Å². The molecule has 0 spiro atoms. The summed E-state index contributed by atoms with van der Waals surface area (Å²) < 4.78 is 0. The quantitative estimate of drug-likeness (QED) is 0.913. The summed E-state index contributed by atoms with van der Waals surface area (Å²) in [4.78, 5) is 7.02. The van der Waals surface area contributed by atoms with Crippen molar-refractivity contribution in [3.8, 4) is 0 Å². The van der Waals surface area contributed by atoms with E-state index in [1.807, 2.05) is 12.3 Å². The number of benzene rings is 1. The monoisotopic (exact) mass is 255 g/mol. The number of nitrogens with zero attached hydrogens (tertiary/aromatic N) is 2. The van der Waals surface area contributed by atoms with Crippen molar-refractivity contribution < 1.29 is 0 Å². The van der Waals surface area contributed by atoms with Gasteiger partial charge in [-0.05, 0) is 44.6 Å². The zero-order valence-corrected chi connectivity index (χ0v) is 11.5. The van der Waals surface area contributed by atoms with Crippen molar-refractivity contribution in [2.24, 2.45) is 0 Å². The van der Waals surface area contributed by atoms with E-state index < -0.39 is 0 Å². The third kappa shape index (κ3) is 2.77. The van der Waals surface area contributed by atoms with Crippen LogP contribution >= 0.6 is 0 Å². The number of para-hydroxylation sites is 1. The van der Waals surface area contributed by atoms with Crippen molar-refractivity contribution in [2.45, 2.75) is 25.4 Å². The Morgan fingerprint density at radius 3 is 2.84 bits per heavy atom. The molecule has 2 heterocycles. The van der Waals surface area contributed by atoms with Crippen molar-refractivity contribution in [1.29, 1.82) is 0 Å². The fraction of sp³-hybridized carbons (Fsp3) is 0.438. The first kappa shape index (κ1) is 12.6. The Bertz CT molecular complexity index is 541. The number of nitrogens with one attached hydrogen (secondary N) is 1. The molecule has 1 aromatic heterocycles. The average Bonchev–Trinajstić information content (AvgIpc) is 2.48. The molecule has 1 saturated heterocycles. The lowest BCUT2D eigenvalue weighted by atomic mass is 10.0. The third-order valence-corrected chi connectivity index (χ3v) is 4.07. The molecule has 1 aromatic carbocycles. The van der Waals surface area contributed by atoms with Crippen molar-refractivity contribution in [1.82, 2.24) is 15.2 Å². The van der Waals surface area contributed by atoms with E-state index in [-0.39, 0.29) is 0 Å². The van der Waals surface area contributed by atoms with Gasteiger partial charge in [-0.25, -0.2) is 0 Å². The smallest absolute Gasteiger partial charge is 0.0746 e. The number of rotatable bonds is 3. The van der Waals surface area contributed by atoms with Crippen molar-refractivity contribution in [3.05, 3.63) is 42.1 Å². The van der Waals surface area contributed by atoms with Crippen LogP contribution in [0.15, 0.2) is 36.5 Å². The van der Waals surface area contributed by atoms with E-state index in [0.717, 1.165) is 25.2 Å². The molecular weight excluding hydrogens is 234 g/mol. The first-order valence-electron chi connectivity index (χ1n) is 7.08. The molecule has 2 aromatic rings. The summed E-state index contributed by atoms with van der Waals surface area (Å²) >= 11 is 0. The minimum absolute atomic E-state index is 0.695. The summed E-state index contributed by atoms with van der Waals surface area (Å²) in [5, 5.41) is 4.66. The standard InChI is InChI=1S/C16H21N3/c1-19(15-7-10-17-11-8-15)12-14-5-2-4-13-6-3-9-18-16(13)14/h2-6,9,15,17H,7-8,10-12H2,1H3. The second kappa shape index (κ2) is 5.68. The molecule has 1 fully saturated rings. The van der Waals surface area contributed by atoms with E-state index in [9.17, 15) is 0 Å². The van der Waals surface area contributed by atoms with E-state index in [4.69, 9.17) is 0 Å². The maximum atomic E-state index is 4.54. The summed E-state index contributed by atoms with van der Waals surface area (Å²) in [6.45, 7) is 3.27. The van der Waals surface area contributed by atoms with Crippen LogP contribution in [0.5, 0.6) is 0 Å². The molecule has 3 heteroatoms. The number of pyridine rings is 1. The lowest BCUT2D eigenvalue weighted by Crippen LogP contribution is -2.40. The number of hydrogen-bond donors (Lipinski definition) is 1. The van der Waals surface area contributed by atoms with Crippen LogP contribution in [0.4, 0.5) is 0 Å². The topological polar surface area (TPSA) is 28.2 Å². The van der Waals surface area contributed by atoms with Crippen LogP contribution in [0.2, 0.25) is 0 Å². The Balaban J connectivity index is 1.80. The Hall–Kier alpha value is -1.45. The molecule has 19 heavy (non-hydrogen) atoms. The van der Waals surface area contributed by atoms with Crippen molar-refractivity contribution >= 4 is 10.9 Å². The van der Waals surface area contributed by atoms with Gasteiger partial charge in [0, 0.05) is 24.2 Å². The van der Waals surface area contributed by atoms with E-state index in [0.29, 0.717) is 6.04 Å². The Morgan fingerprint density at radius 1 is 1.21 bits per heavy atom. The third-order valence-electron chi connectivity index (χ3n) is 4.07. The molecule has 1 aliphatic heterocycles. The number of piperidine rings is 1.